The zero-order chi connectivity index (χ0) is 12.2. The average Bonchev–Trinajstić information content (AvgIpc) is 2.14. The Bertz CT molecular complexity index is 445. The van der Waals surface area contributed by atoms with Gasteiger partial charge in [-0.3, -0.25) is 0 Å². The molecule has 0 aliphatic rings. The minimum atomic E-state index is -2.89. The van der Waals surface area contributed by atoms with Crippen molar-refractivity contribution in [1.29, 1.82) is 0 Å². The molecule has 16 heavy (non-hydrogen) atoms. The molecule has 0 saturated heterocycles. The van der Waals surface area contributed by atoms with Gasteiger partial charge in [0.1, 0.15) is 22.0 Å². The molecule has 0 amide bonds. The maximum absolute atomic E-state index is 11.0. The lowest BCUT2D eigenvalue weighted by Gasteiger charge is -2.13. The van der Waals surface area contributed by atoms with Crippen LogP contribution in [0.15, 0.2) is 12.4 Å². The largest absolute Gasteiger partial charge is 0.367 e. The fourth-order valence-electron chi connectivity index (χ4n) is 1.25. The number of nitrogens with zero attached hydrogens (tertiary/aromatic N) is 2. The van der Waals surface area contributed by atoms with Crippen LogP contribution in [-0.4, -0.2) is 36.4 Å². The molecular weight excluding hydrogens is 226 g/mol. The molecule has 0 fully saturated rings. The van der Waals surface area contributed by atoms with E-state index in [0.717, 1.165) is 11.5 Å². The van der Waals surface area contributed by atoms with E-state index in [-0.39, 0.29) is 11.8 Å². The van der Waals surface area contributed by atoms with Gasteiger partial charge >= 0.3 is 0 Å². The Hall–Kier alpha value is -1.17. The van der Waals surface area contributed by atoms with E-state index < -0.39 is 9.84 Å². The minimum absolute atomic E-state index is 0.0732. The monoisotopic (exact) mass is 243 g/mol. The lowest BCUT2D eigenvalue weighted by atomic mass is 10.2. The number of hydrogen-bond donors (Lipinski definition) is 1. The van der Waals surface area contributed by atoms with Crippen LogP contribution in [0.25, 0.3) is 0 Å². The number of anilines is 1. The number of aromatic nitrogens is 2. The highest BCUT2D eigenvalue weighted by atomic mass is 32.2. The summed E-state index contributed by atoms with van der Waals surface area (Å²) in [6, 6.07) is 1.90. The van der Waals surface area contributed by atoms with Crippen LogP contribution in [0, 0.1) is 6.92 Å². The zero-order valence-corrected chi connectivity index (χ0v) is 10.6. The second-order valence-corrected chi connectivity index (χ2v) is 6.27. The molecule has 1 aromatic heterocycles. The van der Waals surface area contributed by atoms with E-state index >= 15 is 0 Å². The Morgan fingerprint density at radius 1 is 1.44 bits per heavy atom. The Morgan fingerprint density at radius 3 is 2.69 bits per heavy atom. The van der Waals surface area contributed by atoms with Crippen molar-refractivity contribution in [2.24, 2.45) is 0 Å². The van der Waals surface area contributed by atoms with Gasteiger partial charge < -0.3 is 5.32 Å². The fraction of sp³-hybridized carbons (Fsp3) is 0.600. The molecule has 0 saturated carbocycles. The third-order valence-corrected chi connectivity index (χ3v) is 3.10. The van der Waals surface area contributed by atoms with Gasteiger partial charge in [0, 0.05) is 24.1 Å². The normalized spacial score (nSPS) is 13.4. The van der Waals surface area contributed by atoms with Crippen LogP contribution in [0.4, 0.5) is 5.82 Å². The summed E-state index contributed by atoms with van der Waals surface area (Å²) < 4.78 is 22.0. The molecule has 0 aliphatic heterocycles. The van der Waals surface area contributed by atoms with Crippen molar-refractivity contribution < 1.29 is 8.42 Å². The quantitative estimate of drug-likeness (QED) is 0.836. The summed E-state index contributed by atoms with van der Waals surface area (Å²) in [6.45, 7) is 3.82. The number of nitrogens with one attached hydrogen (secondary N) is 1. The highest BCUT2D eigenvalue weighted by molar-refractivity contribution is 7.90. The van der Waals surface area contributed by atoms with Crippen LogP contribution in [0.5, 0.6) is 0 Å². The first-order valence-electron chi connectivity index (χ1n) is 5.10. The molecule has 6 heteroatoms. The smallest absolute Gasteiger partial charge is 0.147 e. The molecule has 1 heterocycles. The topological polar surface area (TPSA) is 72.0 Å². The molecule has 1 atom stereocenters. The number of aryl methyl sites for hydroxylation is 1. The van der Waals surface area contributed by atoms with Crippen LogP contribution in [0.2, 0.25) is 0 Å². The molecular formula is C10H17N3O2S. The Kier molecular flexibility index (Phi) is 4.23. The van der Waals surface area contributed by atoms with E-state index in [0.29, 0.717) is 6.42 Å². The van der Waals surface area contributed by atoms with E-state index in [1.54, 1.807) is 0 Å². The van der Waals surface area contributed by atoms with Crippen molar-refractivity contribution in [1.82, 2.24) is 9.97 Å². The highest BCUT2D eigenvalue weighted by Gasteiger charge is 2.08. The molecule has 1 unspecified atom stereocenters. The van der Waals surface area contributed by atoms with Gasteiger partial charge in [-0.05, 0) is 20.3 Å². The van der Waals surface area contributed by atoms with Crippen molar-refractivity contribution in [2.45, 2.75) is 26.3 Å². The van der Waals surface area contributed by atoms with Crippen molar-refractivity contribution >= 4 is 15.7 Å². The summed E-state index contributed by atoms with van der Waals surface area (Å²) in [6.07, 6.45) is 3.30. The Morgan fingerprint density at radius 2 is 2.12 bits per heavy atom. The minimum Gasteiger partial charge on any atom is -0.367 e. The molecule has 0 aliphatic carbocycles. The maximum atomic E-state index is 11.0. The third-order valence-electron chi connectivity index (χ3n) is 2.12. The zero-order valence-electron chi connectivity index (χ0n) is 9.77. The number of hydrogen-bond acceptors (Lipinski definition) is 5. The van der Waals surface area contributed by atoms with Gasteiger partial charge in [-0.1, -0.05) is 0 Å². The third kappa shape index (κ3) is 5.06. The number of sulfone groups is 1. The van der Waals surface area contributed by atoms with E-state index in [2.05, 4.69) is 15.3 Å². The van der Waals surface area contributed by atoms with Crippen molar-refractivity contribution in [3.05, 3.63) is 18.1 Å². The highest BCUT2D eigenvalue weighted by Crippen LogP contribution is 2.07. The first kappa shape index (κ1) is 12.9. The van der Waals surface area contributed by atoms with Crippen molar-refractivity contribution in [3.63, 3.8) is 0 Å². The molecule has 0 bridgehead atoms. The standard InChI is InChI=1S/C10H17N3O2S/c1-8(4-5-16(3,14)15)13-10-6-9(2)11-7-12-10/h6-8H,4-5H2,1-3H3,(H,11,12,13). The predicted octanol–water partition coefficient (Wildman–Crippen LogP) is 1.02. The molecule has 5 nitrogen and oxygen atoms in total. The molecule has 0 radical (unpaired) electrons. The molecule has 1 N–H and O–H groups in total. The SMILES string of the molecule is Cc1cc(NC(C)CCS(C)(=O)=O)ncn1. The summed E-state index contributed by atoms with van der Waals surface area (Å²) in [7, 11) is -2.89. The van der Waals surface area contributed by atoms with Gasteiger partial charge in [-0.25, -0.2) is 18.4 Å². The van der Waals surface area contributed by atoms with E-state index in [1.807, 2.05) is 19.9 Å². The van der Waals surface area contributed by atoms with Crippen molar-refractivity contribution in [3.8, 4) is 0 Å². The van der Waals surface area contributed by atoms with Gasteiger partial charge in [0.15, 0.2) is 0 Å². The Balaban J connectivity index is 2.49. The molecule has 0 spiro atoms. The van der Waals surface area contributed by atoms with E-state index in [9.17, 15) is 8.42 Å². The van der Waals surface area contributed by atoms with Gasteiger partial charge in [-0.15, -0.1) is 0 Å². The number of rotatable bonds is 5. The molecule has 1 aromatic rings. The lowest BCUT2D eigenvalue weighted by Crippen LogP contribution is -2.20. The molecule has 0 aromatic carbocycles. The molecule has 90 valence electrons. The predicted molar refractivity (Wildman–Crippen MR) is 64.2 cm³/mol. The summed E-state index contributed by atoms with van der Waals surface area (Å²) in [5.41, 5.74) is 0.882. The van der Waals surface area contributed by atoms with Crippen LogP contribution < -0.4 is 5.32 Å². The summed E-state index contributed by atoms with van der Waals surface area (Å²) in [5, 5.41) is 3.14. The second-order valence-electron chi connectivity index (χ2n) is 4.01. The summed E-state index contributed by atoms with van der Waals surface area (Å²) in [4.78, 5) is 8.04. The summed E-state index contributed by atoms with van der Waals surface area (Å²) in [5.74, 6) is 0.916. The fourth-order valence-corrected chi connectivity index (χ4v) is 2.03. The van der Waals surface area contributed by atoms with Crippen molar-refractivity contribution in [2.75, 3.05) is 17.3 Å². The van der Waals surface area contributed by atoms with Gasteiger partial charge in [0.25, 0.3) is 0 Å². The maximum Gasteiger partial charge on any atom is 0.147 e. The van der Waals surface area contributed by atoms with E-state index in [1.165, 1.54) is 12.6 Å². The molecule has 1 rings (SSSR count). The Labute approximate surface area is 96.2 Å². The van der Waals surface area contributed by atoms with Crippen LogP contribution >= 0.6 is 0 Å². The van der Waals surface area contributed by atoms with Gasteiger partial charge in [0.2, 0.25) is 0 Å². The van der Waals surface area contributed by atoms with Crippen LogP contribution in [0.3, 0.4) is 0 Å². The summed E-state index contributed by atoms with van der Waals surface area (Å²) >= 11 is 0. The van der Waals surface area contributed by atoms with Crippen LogP contribution in [-0.2, 0) is 9.84 Å². The first-order chi connectivity index (χ1) is 7.37. The second kappa shape index (κ2) is 5.25. The van der Waals surface area contributed by atoms with E-state index in [4.69, 9.17) is 0 Å². The lowest BCUT2D eigenvalue weighted by molar-refractivity contribution is 0.595. The van der Waals surface area contributed by atoms with Crippen LogP contribution in [0.1, 0.15) is 19.0 Å². The van der Waals surface area contributed by atoms with Gasteiger partial charge in [0.05, 0.1) is 5.75 Å². The average molecular weight is 243 g/mol. The first-order valence-corrected chi connectivity index (χ1v) is 7.16. The van der Waals surface area contributed by atoms with Gasteiger partial charge in [-0.2, -0.15) is 0 Å².